The Balaban J connectivity index is 4.89. The predicted octanol–water partition coefficient (Wildman–Crippen LogP) is -3.09. The van der Waals surface area contributed by atoms with Crippen molar-refractivity contribution >= 4 is 18.1 Å². The number of amides is 2. The zero-order chi connectivity index (χ0) is 14.3. The van der Waals surface area contributed by atoms with E-state index >= 15 is 0 Å². The zero-order valence-corrected chi connectivity index (χ0v) is 10.2. The summed E-state index contributed by atoms with van der Waals surface area (Å²) in [6.07, 6.45) is -2.73. The van der Waals surface area contributed by atoms with Crippen molar-refractivity contribution in [2.24, 2.45) is 0 Å². The number of aldehydes is 1. The van der Waals surface area contributed by atoms with Crippen molar-refractivity contribution in [3.63, 3.8) is 0 Å². The first kappa shape index (κ1) is 16.5. The van der Waals surface area contributed by atoms with Crippen LogP contribution in [0.4, 0.5) is 0 Å². The smallest absolute Gasteiger partial charge is 0.217 e. The number of carbonyl (C=O) groups is 3. The van der Waals surface area contributed by atoms with Gasteiger partial charge in [0, 0.05) is 13.8 Å². The minimum Gasteiger partial charge on any atom is -0.394 e. The highest BCUT2D eigenvalue weighted by molar-refractivity contribution is 5.78. The molecule has 0 aliphatic rings. The Morgan fingerprint density at radius 2 is 1.67 bits per heavy atom. The molecule has 18 heavy (non-hydrogen) atoms. The molecule has 0 fully saturated rings. The van der Waals surface area contributed by atoms with Crippen molar-refractivity contribution < 1.29 is 29.7 Å². The molecule has 0 saturated heterocycles. The van der Waals surface area contributed by atoms with Crippen molar-refractivity contribution in [2.75, 3.05) is 6.61 Å². The number of aliphatic hydroxyl groups is 3. The van der Waals surface area contributed by atoms with Crippen LogP contribution in [0.3, 0.4) is 0 Å². The maximum atomic E-state index is 10.9. The molecular formula is C10H18N2O6. The first-order valence-electron chi connectivity index (χ1n) is 5.30. The number of hydrogen-bond donors (Lipinski definition) is 5. The van der Waals surface area contributed by atoms with Crippen LogP contribution in [0.1, 0.15) is 13.8 Å². The fourth-order valence-electron chi connectivity index (χ4n) is 1.42. The van der Waals surface area contributed by atoms with Gasteiger partial charge in [-0.3, -0.25) is 9.59 Å². The lowest BCUT2D eigenvalue weighted by atomic mass is 9.99. The van der Waals surface area contributed by atoms with Crippen LogP contribution in [0, 0.1) is 0 Å². The molecule has 0 radical (unpaired) electrons. The lowest BCUT2D eigenvalue weighted by molar-refractivity contribution is -0.127. The summed E-state index contributed by atoms with van der Waals surface area (Å²) in [6.45, 7) is 1.59. The van der Waals surface area contributed by atoms with Crippen LogP contribution in [-0.2, 0) is 14.4 Å². The molecule has 4 atom stereocenters. The molecule has 2 amide bonds. The molecule has 0 saturated carbocycles. The highest BCUT2D eigenvalue weighted by atomic mass is 16.3. The monoisotopic (exact) mass is 262 g/mol. The van der Waals surface area contributed by atoms with Crippen molar-refractivity contribution in [1.29, 1.82) is 0 Å². The third kappa shape index (κ3) is 5.21. The molecule has 104 valence electrons. The molecule has 0 aliphatic heterocycles. The Labute approximate surface area is 104 Å². The molecule has 8 nitrogen and oxygen atoms in total. The van der Waals surface area contributed by atoms with Gasteiger partial charge in [-0.05, 0) is 0 Å². The third-order valence-corrected chi connectivity index (χ3v) is 2.22. The van der Waals surface area contributed by atoms with Crippen molar-refractivity contribution in [2.45, 2.75) is 38.1 Å². The Bertz CT molecular complexity index is 309. The van der Waals surface area contributed by atoms with Crippen molar-refractivity contribution in [1.82, 2.24) is 10.6 Å². The second-order valence-electron chi connectivity index (χ2n) is 3.83. The summed E-state index contributed by atoms with van der Waals surface area (Å²) in [5.74, 6) is -1.11. The predicted molar refractivity (Wildman–Crippen MR) is 60.4 cm³/mol. The van der Waals surface area contributed by atoms with E-state index in [0.717, 1.165) is 13.8 Å². The lowest BCUT2D eigenvalue weighted by Gasteiger charge is -2.30. The normalized spacial score (nSPS) is 17.2. The van der Waals surface area contributed by atoms with E-state index in [2.05, 4.69) is 10.6 Å². The van der Waals surface area contributed by atoms with Crippen LogP contribution in [0.25, 0.3) is 0 Å². The van der Waals surface area contributed by atoms with Gasteiger partial charge in [-0.2, -0.15) is 0 Å². The summed E-state index contributed by atoms with van der Waals surface area (Å²) in [6, 6.07) is -2.56. The Kier molecular flexibility index (Phi) is 7.10. The van der Waals surface area contributed by atoms with Gasteiger partial charge in [0.1, 0.15) is 18.4 Å². The van der Waals surface area contributed by atoms with E-state index in [1.807, 2.05) is 0 Å². The fourth-order valence-corrected chi connectivity index (χ4v) is 1.42. The summed E-state index contributed by atoms with van der Waals surface area (Å²) in [7, 11) is 0. The SMILES string of the molecule is CC(=O)N[C@@H]([C@H](O)[C@H](C=O)NC(C)=O)[C@H](O)CO. The van der Waals surface area contributed by atoms with Crippen LogP contribution in [0.2, 0.25) is 0 Å². The van der Waals surface area contributed by atoms with Gasteiger partial charge < -0.3 is 30.7 Å². The fraction of sp³-hybridized carbons (Fsp3) is 0.700. The zero-order valence-electron chi connectivity index (χ0n) is 10.2. The highest BCUT2D eigenvalue weighted by Gasteiger charge is 2.33. The third-order valence-electron chi connectivity index (χ3n) is 2.22. The average Bonchev–Trinajstić information content (AvgIpc) is 2.30. The van der Waals surface area contributed by atoms with Gasteiger partial charge in [-0.1, -0.05) is 0 Å². The van der Waals surface area contributed by atoms with Gasteiger partial charge >= 0.3 is 0 Å². The summed E-state index contributed by atoms with van der Waals surface area (Å²) >= 11 is 0. The number of aliphatic hydroxyl groups excluding tert-OH is 3. The van der Waals surface area contributed by atoms with Gasteiger partial charge in [0.15, 0.2) is 0 Å². The van der Waals surface area contributed by atoms with Gasteiger partial charge in [0.25, 0.3) is 0 Å². The molecule has 0 aliphatic carbocycles. The first-order valence-corrected chi connectivity index (χ1v) is 5.30. The molecule has 0 aromatic carbocycles. The molecule has 0 rings (SSSR count). The van der Waals surface area contributed by atoms with Crippen LogP contribution in [-0.4, -0.2) is 64.3 Å². The molecule has 0 aromatic heterocycles. The molecule has 0 heterocycles. The molecule has 5 N–H and O–H groups in total. The van der Waals surface area contributed by atoms with Crippen molar-refractivity contribution in [3.05, 3.63) is 0 Å². The largest absolute Gasteiger partial charge is 0.394 e. The van der Waals surface area contributed by atoms with Gasteiger partial charge in [0.2, 0.25) is 11.8 Å². The number of carbonyl (C=O) groups excluding carboxylic acids is 3. The van der Waals surface area contributed by atoms with E-state index in [0.29, 0.717) is 0 Å². The summed E-state index contributed by atoms with van der Waals surface area (Å²) in [4.78, 5) is 32.5. The standard InChI is InChI=1S/C10H18N2O6/c1-5(15)11-7(3-13)10(18)9(8(17)4-14)12-6(2)16/h3,7-10,14,17-18H,4H2,1-2H3,(H,11,15)(H,12,16)/t7-,8+,9+,10+/m0/s1. The minimum absolute atomic E-state index is 0.283. The number of hydrogen-bond acceptors (Lipinski definition) is 6. The summed E-state index contributed by atoms with van der Waals surface area (Å²) in [5, 5.41) is 32.5. The second-order valence-corrected chi connectivity index (χ2v) is 3.83. The lowest BCUT2D eigenvalue weighted by Crippen LogP contribution is -2.59. The van der Waals surface area contributed by atoms with E-state index in [1.165, 1.54) is 0 Å². The van der Waals surface area contributed by atoms with Crippen LogP contribution >= 0.6 is 0 Å². The topological polar surface area (TPSA) is 136 Å². The maximum Gasteiger partial charge on any atom is 0.217 e. The second kappa shape index (κ2) is 7.75. The molecule has 0 aromatic rings. The van der Waals surface area contributed by atoms with Crippen molar-refractivity contribution in [3.8, 4) is 0 Å². The van der Waals surface area contributed by atoms with Crippen LogP contribution < -0.4 is 10.6 Å². The Morgan fingerprint density at radius 3 is 2.00 bits per heavy atom. The number of rotatable bonds is 7. The quantitative estimate of drug-likeness (QED) is 0.308. The van der Waals surface area contributed by atoms with E-state index in [-0.39, 0.29) is 6.29 Å². The molecule has 8 heteroatoms. The summed E-state index contributed by atoms with van der Waals surface area (Å²) in [5.41, 5.74) is 0. The van der Waals surface area contributed by atoms with Gasteiger partial charge in [-0.25, -0.2) is 0 Å². The molecular weight excluding hydrogens is 244 g/mol. The first-order chi connectivity index (χ1) is 8.33. The maximum absolute atomic E-state index is 10.9. The van der Waals surface area contributed by atoms with Gasteiger partial charge in [-0.15, -0.1) is 0 Å². The molecule has 0 unspecified atom stereocenters. The van der Waals surface area contributed by atoms with Crippen LogP contribution in [0.5, 0.6) is 0 Å². The highest BCUT2D eigenvalue weighted by Crippen LogP contribution is 2.04. The van der Waals surface area contributed by atoms with E-state index in [9.17, 15) is 24.6 Å². The van der Waals surface area contributed by atoms with E-state index in [1.54, 1.807) is 0 Å². The summed E-state index contributed by atoms with van der Waals surface area (Å²) < 4.78 is 0. The molecule has 0 spiro atoms. The van der Waals surface area contributed by atoms with E-state index in [4.69, 9.17) is 5.11 Å². The Hall–Kier alpha value is -1.51. The number of nitrogens with one attached hydrogen (secondary N) is 2. The Morgan fingerprint density at radius 1 is 1.17 bits per heavy atom. The molecule has 0 bridgehead atoms. The van der Waals surface area contributed by atoms with Gasteiger partial charge in [0.05, 0.1) is 18.8 Å². The van der Waals surface area contributed by atoms with E-state index < -0.39 is 42.7 Å². The average molecular weight is 262 g/mol. The van der Waals surface area contributed by atoms with Crippen LogP contribution in [0.15, 0.2) is 0 Å². The minimum atomic E-state index is -1.56.